The molecule has 2 N–H and O–H groups in total. The van der Waals surface area contributed by atoms with Crippen molar-refractivity contribution in [2.24, 2.45) is 0 Å². The van der Waals surface area contributed by atoms with Crippen molar-refractivity contribution in [3.8, 4) is 5.75 Å². The summed E-state index contributed by atoms with van der Waals surface area (Å²) in [5.74, 6) is 0.0836. The summed E-state index contributed by atoms with van der Waals surface area (Å²) in [6.07, 6.45) is 0. The second kappa shape index (κ2) is 10.2. The van der Waals surface area contributed by atoms with Crippen LogP contribution in [0.1, 0.15) is 15.9 Å². The largest absolute Gasteiger partial charge is 0.496 e. The summed E-state index contributed by atoms with van der Waals surface area (Å²) >= 11 is 0. The van der Waals surface area contributed by atoms with E-state index in [2.05, 4.69) is 20.4 Å². The van der Waals surface area contributed by atoms with E-state index < -0.39 is 0 Å². The zero-order valence-corrected chi connectivity index (χ0v) is 17.3. The normalized spacial score (nSPS) is 14.9. The van der Waals surface area contributed by atoms with Crippen LogP contribution in [0.3, 0.4) is 0 Å². The minimum Gasteiger partial charge on any atom is -0.496 e. The Labute approximate surface area is 175 Å². The lowest BCUT2D eigenvalue weighted by Crippen LogP contribution is -2.48. The predicted octanol–water partition coefficient (Wildman–Crippen LogP) is 1.95. The molecule has 1 fully saturated rings. The molecule has 0 bridgehead atoms. The van der Waals surface area contributed by atoms with Gasteiger partial charge in [0.05, 0.1) is 13.7 Å². The number of carbonyl (C=O) groups excluding carboxylic acids is 2. The van der Waals surface area contributed by atoms with Crippen LogP contribution in [0.2, 0.25) is 0 Å². The van der Waals surface area contributed by atoms with Crippen molar-refractivity contribution in [3.63, 3.8) is 0 Å². The van der Waals surface area contributed by atoms with E-state index in [9.17, 15) is 14.0 Å². The van der Waals surface area contributed by atoms with E-state index in [-0.39, 0.29) is 24.2 Å². The van der Waals surface area contributed by atoms with Gasteiger partial charge < -0.3 is 15.4 Å². The van der Waals surface area contributed by atoms with Crippen molar-refractivity contribution in [2.75, 3.05) is 52.2 Å². The van der Waals surface area contributed by atoms with Crippen molar-refractivity contribution in [2.45, 2.75) is 6.54 Å². The van der Waals surface area contributed by atoms with E-state index in [1.165, 1.54) is 12.1 Å². The molecule has 0 aliphatic carbocycles. The van der Waals surface area contributed by atoms with Gasteiger partial charge in [-0.05, 0) is 36.4 Å². The Bertz CT molecular complexity index is 898. The highest BCUT2D eigenvalue weighted by molar-refractivity contribution is 5.97. The average molecular weight is 414 g/mol. The molecule has 3 rings (SSSR count). The summed E-state index contributed by atoms with van der Waals surface area (Å²) in [6.45, 7) is 3.92. The van der Waals surface area contributed by atoms with Gasteiger partial charge in [-0.1, -0.05) is 6.07 Å². The van der Waals surface area contributed by atoms with E-state index in [1.54, 1.807) is 44.5 Å². The number of halogens is 1. The van der Waals surface area contributed by atoms with Crippen molar-refractivity contribution in [1.29, 1.82) is 0 Å². The van der Waals surface area contributed by atoms with Gasteiger partial charge >= 0.3 is 0 Å². The van der Waals surface area contributed by atoms with Crippen molar-refractivity contribution in [3.05, 3.63) is 59.4 Å². The first-order chi connectivity index (χ1) is 14.5. The molecule has 0 aromatic heterocycles. The van der Waals surface area contributed by atoms with E-state index >= 15 is 0 Å². The summed E-state index contributed by atoms with van der Waals surface area (Å²) in [4.78, 5) is 28.4. The molecule has 2 amide bonds. The number of methoxy groups -OCH3 is 1. The number of benzene rings is 2. The van der Waals surface area contributed by atoms with Gasteiger partial charge in [-0.2, -0.15) is 0 Å². The van der Waals surface area contributed by atoms with E-state index in [0.717, 1.165) is 31.7 Å². The number of amides is 2. The number of nitrogens with zero attached hydrogens (tertiary/aromatic N) is 2. The van der Waals surface area contributed by atoms with Gasteiger partial charge in [0, 0.05) is 56.6 Å². The van der Waals surface area contributed by atoms with Crippen molar-refractivity contribution in [1.82, 2.24) is 15.1 Å². The lowest BCUT2D eigenvalue weighted by Gasteiger charge is -2.34. The second-order valence-corrected chi connectivity index (χ2v) is 7.22. The zero-order valence-electron chi connectivity index (χ0n) is 17.3. The smallest absolute Gasteiger partial charge is 0.251 e. The first kappa shape index (κ1) is 21.7. The molecule has 1 saturated heterocycles. The third-order valence-electron chi connectivity index (χ3n) is 5.10. The zero-order chi connectivity index (χ0) is 21.5. The van der Waals surface area contributed by atoms with Gasteiger partial charge in [-0.25, -0.2) is 4.39 Å². The Hall–Kier alpha value is -2.97. The van der Waals surface area contributed by atoms with Crippen LogP contribution in [-0.2, 0) is 11.3 Å². The van der Waals surface area contributed by atoms with Gasteiger partial charge in [0.25, 0.3) is 5.91 Å². The van der Waals surface area contributed by atoms with Crippen LogP contribution >= 0.6 is 0 Å². The molecule has 0 unspecified atom stereocenters. The number of piperazine rings is 1. The maximum absolute atomic E-state index is 13.6. The lowest BCUT2D eigenvalue weighted by atomic mass is 10.1. The summed E-state index contributed by atoms with van der Waals surface area (Å²) < 4.78 is 18.9. The summed E-state index contributed by atoms with van der Waals surface area (Å²) in [6, 6.07) is 11.4. The van der Waals surface area contributed by atoms with Crippen LogP contribution in [0, 0.1) is 5.82 Å². The number of ether oxygens (including phenoxy) is 1. The Morgan fingerprint density at radius 1 is 1.07 bits per heavy atom. The van der Waals surface area contributed by atoms with Gasteiger partial charge in [0.2, 0.25) is 5.91 Å². The fraction of sp³-hybridized carbons (Fsp3) is 0.364. The van der Waals surface area contributed by atoms with E-state index in [0.29, 0.717) is 23.5 Å². The van der Waals surface area contributed by atoms with Crippen molar-refractivity contribution >= 4 is 17.5 Å². The molecular formula is C22H27FN4O3. The SMILES string of the molecule is CNC(=O)c1cccc(NC(=O)CN2CCN(Cc3cc(F)ccc3OC)CC2)c1. The van der Waals surface area contributed by atoms with Gasteiger partial charge in [0.1, 0.15) is 11.6 Å². The minimum absolute atomic E-state index is 0.121. The molecule has 1 heterocycles. The van der Waals surface area contributed by atoms with Crippen LogP contribution in [0.15, 0.2) is 42.5 Å². The Kier molecular flexibility index (Phi) is 7.37. The highest BCUT2D eigenvalue weighted by Crippen LogP contribution is 2.21. The Morgan fingerprint density at radius 2 is 1.80 bits per heavy atom. The number of carbonyl (C=O) groups is 2. The number of nitrogens with one attached hydrogen (secondary N) is 2. The second-order valence-electron chi connectivity index (χ2n) is 7.22. The number of hydrogen-bond acceptors (Lipinski definition) is 5. The van der Waals surface area contributed by atoms with Gasteiger partial charge in [-0.15, -0.1) is 0 Å². The Morgan fingerprint density at radius 3 is 2.50 bits per heavy atom. The highest BCUT2D eigenvalue weighted by atomic mass is 19.1. The first-order valence-electron chi connectivity index (χ1n) is 9.87. The lowest BCUT2D eigenvalue weighted by molar-refractivity contribution is -0.117. The molecule has 8 heteroatoms. The summed E-state index contributed by atoms with van der Waals surface area (Å²) in [7, 11) is 3.15. The standard InChI is InChI=1S/C22H27FN4O3/c1-24-22(29)16-4-3-5-19(13-16)25-21(28)15-27-10-8-26(9-11-27)14-17-12-18(23)6-7-20(17)30-2/h3-7,12-13H,8-11,14-15H2,1-2H3,(H,24,29)(H,25,28). The third-order valence-corrected chi connectivity index (χ3v) is 5.10. The highest BCUT2D eigenvalue weighted by Gasteiger charge is 2.20. The molecule has 0 spiro atoms. The molecule has 0 saturated carbocycles. The predicted molar refractivity (Wildman–Crippen MR) is 113 cm³/mol. The van der Waals surface area contributed by atoms with Crippen LogP contribution in [0.5, 0.6) is 5.75 Å². The van der Waals surface area contributed by atoms with E-state index in [4.69, 9.17) is 4.74 Å². The minimum atomic E-state index is -0.276. The maximum Gasteiger partial charge on any atom is 0.251 e. The molecule has 160 valence electrons. The van der Waals surface area contributed by atoms with Crippen molar-refractivity contribution < 1.29 is 18.7 Å². The molecule has 30 heavy (non-hydrogen) atoms. The monoisotopic (exact) mass is 414 g/mol. The summed E-state index contributed by atoms with van der Waals surface area (Å²) in [5, 5.41) is 5.41. The number of rotatable bonds is 7. The topological polar surface area (TPSA) is 73.9 Å². The quantitative estimate of drug-likeness (QED) is 0.725. The molecular weight excluding hydrogens is 387 g/mol. The van der Waals surface area contributed by atoms with Crippen LogP contribution in [0.4, 0.5) is 10.1 Å². The van der Waals surface area contributed by atoms with Crippen LogP contribution in [-0.4, -0.2) is 68.5 Å². The summed E-state index contributed by atoms with van der Waals surface area (Å²) in [5.41, 5.74) is 1.91. The molecule has 2 aromatic carbocycles. The molecule has 1 aliphatic rings. The van der Waals surface area contributed by atoms with Gasteiger partial charge in [-0.3, -0.25) is 19.4 Å². The van der Waals surface area contributed by atoms with Crippen LogP contribution < -0.4 is 15.4 Å². The Balaban J connectivity index is 1.48. The van der Waals surface area contributed by atoms with Crippen LogP contribution in [0.25, 0.3) is 0 Å². The number of hydrogen-bond donors (Lipinski definition) is 2. The molecule has 0 atom stereocenters. The third kappa shape index (κ3) is 5.77. The molecule has 2 aromatic rings. The molecule has 0 radical (unpaired) electrons. The fourth-order valence-electron chi connectivity index (χ4n) is 3.50. The first-order valence-corrected chi connectivity index (χ1v) is 9.87. The fourth-order valence-corrected chi connectivity index (χ4v) is 3.50. The molecule has 1 aliphatic heterocycles. The van der Waals surface area contributed by atoms with Gasteiger partial charge in [0.15, 0.2) is 0 Å². The molecule has 7 nitrogen and oxygen atoms in total. The maximum atomic E-state index is 13.6. The van der Waals surface area contributed by atoms with E-state index in [1.807, 2.05) is 0 Å². The number of anilines is 1. The average Bonchev–Trinajstić information content (AvgIpc) is 2.75.